The van der Waals surface area contributed by atoms with Gasteiger partial charge in [0.1, 0.15) is 12.2 Å². The predicted octanol–water partition coefficient (Wildman–Crippen LogP) is 1.20. The molecule has 1 aliphatic heterocycles. The lowest BCUT2D eigenvalue weighted by atomic mass is 10.1. The molecule has 0 N–H and O–H groups in total. The number of carbonyl (C=O) groups is 1. The summed E-state index contributed by atoms with van der Waals surface area (Å²) < 4.78 is 26.4. The van der Waals surface area contributed by atoms with Crippen LogP contribution in [0, 0.1) is 0 Å². The molecule has 1 aromatic rings. The minimum atomic E-state index is -0.448. The molecule has 0 saturated carbocycles. The first kappa shape index (κ1) is 17.4. The van der Waals surface area contributed by atoms with Crippen LogP contribution in [-0.4, -0.2) is 71.7 Å². The lowest BCUT2D eigenvalue weighted by molar-refractivity contribution is 0.0194. The van der Waals surface area contributed by atoms with Crippen molar-refractivity contribution in [2.45, 2.75) is 0 Å². The first-order valence-corrected chi connectivity index (χ1v) is 7.47. The van der Waals surface area contributed by atoms with Gasteiger partial charge in [-0.15, -0.1) is 0 Å². The van der Waals surface area contributed by atoms with Gasteiger partial charge in [-0.25, -0.2) is 4.79 Å². The van der Waals surface area contributed by atoms with Crippen LogP contribution in [0.5, 0.6) is 17.2 Å². The van der Waals surface area contributed by atoms with Gasteiger partial charge in [-0.05, 0) is 12.1 Å². The fourth-order valence-electron chi connectivity index (χ4n) is 2.43. The maximum Gasteiger partial charge on any atom is 0.342 e. The second-order valence-corrected chi connectivity index (χ2v) is 4.97. The number of hydrogen-bond donors (Lipinski definition) is 0. The number of esters is 1. The summed E-state index contributed by atoms with van der Waals surface area (Å²) in [6.07, 6.45) is 0. The Morgan fingerprint density at radius 1 is 1.09 bits per heavy atom. The van der Waals surface area contributed by atoms with E-state index in [9.17, 15) is 4.79 Å². The van der Waals surface area contributed by atoms with Crippen molar-refractivity contribution < 1.29 is 28.5 Å². The Morgan fingerprint density at radius 2 is 1.78 bits per heavy atom. The lowest BCUT2D eigenvalue weighted by Crippen LogP contribution is -2.38. The highest BCUT2D eigenvalue weighted by Crippen LogP contribution is 2.39. The van der Waals surface area contributed by atoms with Crippen molar-refractivity contribution in [2.24, 2.45) is 0 Å². The van der Waals surface area contributed by atoms with E-state index in [4.69, 9.17) is 23.7 Å². The molecule has 0 bridgehead atoms. The van der Waals surface area contributed by atoms with Gasteiger partial charge in [0, 0.05) is 19.6 Å². The van der Waals surface area contributed by atoms with Crippen molar-refractivity contribution >= 4 is 5.97 Å². The zero-order valence-electron chi connectivity index (χ0n) is 13.8. The summed E-state index contributed by atoms with van der Waals surface area (Å²) in [6, 6.07) is 3.26. The van der Waals surface area contributed by atoms with Crippen LogP contribution in [0.3, 0.4) is 0 Å². The minimum Gasteiger partial charge on any atom is -0.493 e. The van der Waals surface area contributed by atoms with Gasteiger partial charge in [0.05, 0.1) is 34.5 Å². The second-order valence-electron chi connectivity index (χ2n) is 4.97. The topological polar surface area (TPSA) is 66.5 Å². The molecule has 0 spiro atoms. The van der Waals surface area contributed by atoms with Gasteiger partial charge < -0.3 is 23.7 Å². The van der Waals surface area contributed by atoms with Crippen LogP contribution >= 0.6 is 0 Å². The molecule has 2 rings (SSSR count). The van der Waals surface area contributed by atoms with Gasteiger partial charge in [-0.2, -0.15) is 0 Å². The fraction of sp³-hybridized carbons (Fsp3) is 0.562. The van der Waals surface area contributed by atoms with Gasteiger partial charge >= 0.3 is 5.97 Å². The number of morpholine rings is 1. The Labute approximate surface area is 136 Å². The maximum atomic E-state index is 12.3. The molecule has 0 aliphatic carbocycles. The average Bonchev–Trinajstić information content (AvgIpc) is 2.60. The molecule has 23 heavy (non-hydrogen) atoms. The molecule has 0 radical (unpaired) electrons. The summed E-state index contributed by atoms with van der Waals surface area (Å²) in [4.78, 5) is 14.5. The molecule has 1 fully saturated rings. The van der Waals surface area contributed by atoms with Gasteiger partial charge in [0.15, 0.2) is 11.5 Å². The zero-order valence-corrected chi connectivity index (χ0v) is 13.8. The quantitative estimate of drug-likeness (QED) is 0.698. The van der Waals surface area contributed by atoms with Crippen LogP contribution < -0.4 is 14.2 Å². The van der Waals surface area contributed by atoms with Crippen LogP contribution in [0.25, 0.3) is 0 Å². The largest absolute Gasteiger partial charge is 0.493 e. The van der Waals surface area contributed by atoms with Crippen LogP contribution in [0.15, 0.2) is 12.1 Å². The van der Waals surface area contributed by atoms with Crippen LogP contribution in [-0.2, 0) is 9.47 Å². The molecule has 1 heterocycles. The smallest absolute Gasteiger partial charge is 0.342 e. The monoisotopic (exact) mass is 325 g/mol. The van der Waals surface area contributed by atoms with E-state index < -0.39 is 5.97 Å². The highest BCUT2D eigenvalue weighted by Gasteiger charge is 2.22. The van der Waals surface area contributed by atoms with E-state index in [0.717, 1.165) is 26.3 Å². The molecule has 0 amide bonds. The standard InChI is InChI=1S/C16H23NO6/c1-19-13-5-4-12(14(20-2)15(13)21-3)16(18)23-11-8-17-6-9-22-10-7-17/h4-5H,6-11H2,1-3H3. The van der Waals surface area contributed by atoms with E-state index in [1.165, 1.54) is 21.3 Å². The lowest BCUT2D eigenvalue weighted by Gasteiger charge is -2.26. The number of benzene rings is 1. The minimum absolute atomic E-state index is 0.309. The van der Waals surface area contributed by atoms with E-state index in [-0.39, 0.29) is 0 Å². The summed E-state index contributed by atoms with van der Waals surface area (Å²) in [5, 5.41) is 0. The highest BCUT2D eigenvalue weighted by atomic mass is 16.5. The van der Waals surface area contributed by atoms with E-state index in [1.807, 2.05) is 0 Å². The van der Waals surface area contributed by atoms with Crippen molar-refractivity contribution in [3.05, 3.63) is 17.7 Å². The molecule has 0 unspecified atom stereocenters. The van der Waals surface area contributed by atoms with Crippen LogP contribution in [0.2, 0.25) is 0 Å². The SMILES string of the molecule is COc1ccc(C(=O)OCCN2CCOCC2)c(OC)c1OC. The molecule has 128 valence electrons. The summed E-state index contributed by atoms with van der Waals surface area (Å²) in [6.45, 7) is 4.16. The Morgan fingerprint density at radius 3 is 2.39 bits per heavy atom. The number of rotatable bonds is 7. The van der Waals surface area contributed by atoms with Gasteiger partial charge in [0.2, 0.25) is 5.75 Å². The molecular formula is C16H23NO6. The number of hydrogen-bond acceptors (Lipinski definition) is 7. The number of carbonyl (C=O) groups excluding carboxylic acids is 1. The van der Waals surface area contributed by atoms with E-state index >= 15 is 0 Å². The molecule has 7 heteroatoms. The van der Waals surface area contributed by atoms with Crippen molar-refractivity contribution in [3.63, 3.8) is 0 Å². The molecule has 1 aromatic carbocycles. The first-order chi connectivity index (χ1) is 11.2. The molecule has 0 atom stereocenters. The van der Waals surface area contributed by atoms with Gasteiger partial charge in [0.25, 0.3) is 0 Å². The molecule has 7 nitrogen and oxygen atoms in total. The third-order valence-corrected chi connectivity index (χ3v) is 3.67. The van der Waals surface area contributed by atoms with E-state index in [2.05, 4.69) is 4.90 Å². The summed E-state index contributed by atoms with van der Waals surface area (Å²) >= 11 is 0. The first-order valence-electron chi connectivity index (χ1n) is 7.47. The normalized spacial score (nSPS) is 15.1. The molecular weight excluding hydrogens is 302 g/mol. The number of methoxy groups -OCH3 is 3. The molecule has 1 aliphatic rings. The summed E-state index contributed by atoms with van der Waals surface area (Å²) in [5.41, 5.74) is 0.312. The Hall–Kier alpha value is -1.99. The maximum absolute atomic E-state index is 12.3. The average molecular weight is 325 g/mol. The third kappa shape index (κ3) is 4.27. The molecule has 1 saturated heterocycles. The van der Waals surface area contributed by atoms with Crippen molar-refractivity contribution in [2.75, 3.05) is 60.8 Å². The summed E-state index contributed by atoms with van der Waals surface area (Å²) in [7, 11) is 4.49. The number of nitrogens with zero attached hydrogens (tertiary/aromatic N) is 1. The Bertz CT molecular complexity index is 528. The Balaban J connectivity index is 2.00. The predicted molar refractivity (Wildman–Crippen MR) is 83.6 cm³/mol. The van der Waals surface area contributed by atoms with Gasteiger partial charge in [-0.3, -0.25) is 4.90 Å². The van der Waals surface area contributed by atoms with E-state index in [1.54, 1.807) is 12.1 Å². The summed E-state index contributed by atoms with van der Waals surface area (Å²) in [5.74, 6) is 0.728. The van der Waals surface area contributed by atoms with E-state index in [0.29, 0.717) is 36.0 Å². The Kier molecular flexibility index (Phi) is 6.49. The van der Waals surface area contributed by atoms with Crippen LogP contribution in [0.4, 0.5) is 0 Å². The van der Waals surface area contributed by atoms with Crippen molar-refractivity contribution in [1.82, 2.24) is 4.90 Å². The second kappa shape index (κ2) is 8.59. The fourth-order valence-corrected chi connectivity index (χ4v) is 2.43. The third-order valence-electron chi connectivity index (χ3n) is 3.67. The molecule has 0 aromatic heterocycles. The van der Waals surface area contributed by atoms with Crippen LogP contribution in [0.1, 0.15) is 10.4 Å². The number of ether oxygens (including phenoxy) is 5. The van der Waals surface area contributed by atoms with Crippen molar-refractivity contribution in [1.29, 1.82) is 0 Å². The highest BCUT2D eigenvalue weighted by molar-refractivity contribution is 5.94. The van der Waals surface area contributed by atoms with Crippen molar-refractivity contribution in [3.8, 4) is 17.2 Å². The van der Waals surface area contributed by atoms with Gasteiger partial charge in [-0.1, -0.05) is 0 Å². The zero-order chi connectivity index (χ0) is 16.7.